The molecule has 218 valence electrons. The molecule has 0 radical (unpaired) electrons. The first-order chi connectivity index (χ1) is 17.8. The number of hydrogen-bond donors (Lipinski definition) is 2. The Morgan fingerprint density at radius 2 is 1.56 bits per heavy atom. The summed E-state index contributed by atoms with van der Waals surface area (Å²) in [5.41, 5.74) is -0.684. The lowest BCUT2D eigenvalue weighted by molar-refractivity contribution is -0.138. The number of hydrogen-bond acceptors (Lipinski definition) is 6. The number of carboxylic acid groups (broad SMARTS) is 1. The molecule has 0 spiro atoms. The minimum atomic E-state index is -1.07. The minimum absolute atomic E-state index is 0.0601. The number of carbonyl (C=O) groups is 4. The van der Waals surface area contributed by atoms with Gasteiger partial charge in [-0.2, -0.15) is 11.8 Å². The van der Waals surface area contributed by atoms with E-state index in [0.29, 0.717) is 0 Å². The average molecular weight is 564 g/mol. The van der Waals surface area contributed by atoms with E-state index >= 15 is 0 Å². The van der Waals surface area contributed by atoms with Crippen LogP contribution in [0, 0.1) is 0 Å². The molecule has 0 aliphatic rings. The van der Waals surface area contributed by atoms with Crippen molar-refractivity contribution in [1.82, 2.24) is 15.1 Å². The largest absolute Gasteiger partial charge is 0.478 e. The lowest BCUT2D eigenvalue weighted by Gasteiger charge is -2.42. The third-order valence-corrected chi connectivity index (χ3v) is 7.95. The fourth-order valence-electron chi connectivity index (χ4n) is 4.00. The molecule has 2 atom stereocenters. The number of benzene rings is 1. The Bertz CT molecular complexity index is 1060. The monoisotopic (exact) mass is 563 g/mol. The lowest BCUT2D eigenvalue weighted by Crippen LogP contribution is -2.63. The quantitative estimate of drug-likeness (QED) is 0.385. The van der Waals surface area contributed by atoms with E-state index in [9.17, 15) is 19.2 Å². The summed E-state index contributed by atoms with van der Waals surface area (Å²) < 4.78 is 4.86. The molecule has 2 N–H and O–H groups in total. The highest BCUT2D eigenvalue weighted by atomic mass is 32.2. The zero-order valence-corrected chi connectivity index (χ0v) is 25.9. The molecule has 2 unspecified atom stereocenters. The van der Waals surface area contributed by atoms with Gasteiger partial charge >= 0.3 is 12.1 Å². The standard InChI is InChI=1S/C29H45N3O6S/c1-19(25(35)36)17-18-31(9)24(34)21(29(7,8)39-11)30-23(33)22(32(10)26(37)38-27(2,3)4)28(5,6)20-15-13-12-14-16-20/h12-17,21-22H,18H2,1-11H3,(H,30,33)(H,35,36)/b19-17+. The van der Waals surface area contributed by atoms with Crippen molar-refractivity contribution >= 4 is 35.6 Å². The van der Waals surface area contributed by atoms with Gasteiger partial charge in [-0.05, 0) is 53.4 Å². The first-order valence-electron chi connectivity index (χ1n) is 12.8. The van der Waals surface area contributed by atoms with Crippen LogP contribution in [-0.4, -0.2) is 88.1 Å². The summed E-state index contributed by atoms with van der Waals surface area (Å²) in [6.07, 6.45) is 2.63. The molecular formula is C29H45N3O6S. The molecule has 39 heavy (non-hydrogen) atoms. The van der Waals surface area contributed by atoms with Gasteiger partial charge in [-0.15, -0.1) is 0 Å². The number of nitrogens with one attached hydrogen (secondary N) is 1. The van der Waals surface area contributed by atoms with Crippen molar-refractivity contribution in [2.45, 2.75) is 83.2 Å². The SMILES string of the molecule is CSC(C)(C)C(NC(=O)C(N(C)C(=O)OC(C)(C)C)C(C)(C)c1ccccc1)C(=O)N(C)C/C=C(\C)C(=O)O. The molecule has 3 amide bonds. The molecule has 0 aliphatic heterocycles. The van der Waals surface area contributed by atoms with Crippen LogP contribution >= 0.6 is 11.8 Å². The Morgan fingerprint density at radius 1 is 1.03 bits per heavy atom. The number of carboxylic acids is 1. The summed E-state index contributed by atoms with van der Waals surface area (Å²) in [6, 6.07) is 7.39. The van der Waals surface area contributed by atoms with Crippen LogP contribution in [0.4, 0.5) is 4.79 Å². The summed E-state index contributed by atoms with van der Waals surface area (Å²) in [7, 11) is 3.08. The van der Waals surface area contributed by atoms with Crippen LogP contribution in [0.3, 0.4) is 0 Å². The van der Waals surface area contributed by atoms with E-state index in [1.807, 2.05) is 64.3 Å². The second-order valence-electron chi connectivity index (χ2n) is 11.7. The van der Waals surface area contributed by atoms with Crippen molar-refractivity contribution in [2.75, 3.05) is 26.9 Å². The first-order valence-corrected chi connectivity index (χ1v) is 14.0. The molecular weight excluding hydrogens is 518 g/mol. The van der Waals surface area contributed by atoms with E-state index in [1.165, 1.54) is 41.6 Å². The van der Waals surface area contributed by atoms with Gasteiger partial charge in [0.1, 0.15) is 17.7 Å². The zero-order valence-electron chi connectivity index (χ0n) is 25.1. The topological polar surface area (TPSA) is 116 Å². The number of thioether (sulfide) groups is 1. The molecule has 0 fully saturated rings. The molecule has 1 aromatic carbocycles. The third-order valence-electron chi connectivity index (χ3n) is 6.66. The van der Waals surface area contributed by atoms with Gasteiger partial charge in [0.15, 0.2) is 0 Å². The van der Waals surface area contributed by atoms with Crippen LogP contribution in [0.2, 0.25) is 0 Å². The van der Waals surface area contributed by atoms with E-state index < -0.39 is 45.8 Å². The van der Waals surface area contributed by atoms with Gasteiger partial charge in [-0.25, -0.2) is 9.59 Å². The van der Waals surface area contributed by atoms with Gasteiger partial charge in [0, 0.05) is 36.4 Å². The number of nitrogens with zero attached hydrogens (tertiary/aromatic N) is 2. The van der Waals surface area contributed by atoms with E-state index in [-0.39, 0.29) is 18.0 Å². The molecule has 0 aromatic heterocycles. The molecule has 1 aromatic rings. The second kappa shape index (κ2) is 13.4. The van der Waals surface area contributed by atoms with Crippen molar-refractivity contribution < 1.29 is 29.0 Å². The second-order valence-corrected chi connectivity index (χ2v) is 13.2. The predicted molar refractivity (Wildman–Crippen MR) is 156 cm³/mol. The van der Waals surface area contributed by atoms with E-state index in [1.54, 1.807) is 27.8 Å². The van der Waals surface area contributed by atoms with Gasteiger partial charge in [0.25, 0.3) is 0 Å². The van der Waals surface area contributed by atoms with Crippen LogP contribution in [0.15, 0.2) is 42.0 Å². The molecule has 0 saturated heterocycles. The van der Waals surface area contributed by atoms with Gasteiger partial charge in [-0.1, -0.05) is 50.3 Å². The van der Waals surface area contributed by atoms with Gasteiger partial charge in [0.2, 0.25) is 11.8 Å². The summed E-state index contributed by atoms with van der Waals surface area (Å²) in [4.78, 5) is 54.7. The smallest absolute Gasteiger partial charge is 0.410 e. The lowest BCUT2D eigenvalue weighted by atomic mass is 9.76. The summed E-state index contributed by atoms with van der Waals surface area (Å²) >= 11 is 1.41. The maximum atomic E-state index is 14.1. The summed E-state index contributed by atoms with van der Waals surface area (Å²) in [6.45, 7) is 14.2. The molecule has 0 saturated carbocycles. The van der Waals surface area contributed by atoms with Crippen LogP contribution in [0.25, 0.3) is 0 Å². The van der Waals surface area contributed by atoms with E-state index in [2.05, 4.69) is 5.32 Å². The Labute approximate surface area is 237 Å². The molecule has 0 aliphatic carbocycles. The van der Waals surface area contributed by atoms with Crippen molar-refractivity contribution in [1.29, 1.82) is 0 Å². The molecule has 1 rings (SSSR count). The number of aliphatic carboxylic acids is 1. The number of amides is 3. The van der Waals surface area contributed by atoms with Crippen molar-refractivity contribution in [3.63, 3.8) is 0 Å². The van der Waals surface area contributed by atoms with Crippen LogP contribution in [0.1, 0.15) is 61.0 Å². The Morgan fingerprint density at radius 3 is 2.03 bits per heavy atom. The number of ether oxygens (including phenoxy) is 1. The van der Waals surface area contributed by atoms with Crippen molar-refractivity contribution in [3.05, 3.63) is 47.5 Å². The predicted octanol–water partition coefficient (Wildman–Crippen LogP) is 4.32. The van der Waals surface area contributed by atoms with E-state index in [0.717, 1.165) is 5.56 Å². The van der Waals surface area contributed by atoms with Crippen LogP contribution in [-0.2, 0) is 24.5 Å². The molecule has 9 nitrogen and oxygen atoms in total. The number of likely N-dealkylation sites (N-methyl/N-ethyl adjacent to an activating group) is 2. The first kappa shape index (κ1) is 34.0. The highest BCUT2D eigenvalue weighted by Crippen LogP contribution is 2.32. The van der Waals surface area contributed by atoms with Gasteiger partial charge in [-0.3, -0.25) is 14.5 Å². The van der Waals surface area contributed by atoms with E-state index in [4.69, 9.17) is 9.84 Å². The normalized spacial score (nSPS) is 14.2. The maximum Gasteiger partial charge on any atom is 0.410 e. The highest BCUT2D eigenvalue weighted by molar-refractivity contribution is 8.00. The number of carbonyl (C=O) groups excluding carboxylic acids is 3. The fourth-order valence-corrected chi connectivity index (χ4v) is 4.39. The molecule has 10 heteroatoms. The molecule has 0 bridgehead atoms. The van der Waals surface area contributed by atoms with Crippen LogP contribution < -0.4 is 5.32 Å². The zero-order chi connectivity index (χ0) is 30.3. The van der Waals surface area contributed by atoms with Crippen molar-refractivity contribution in [3.8, 4) is 0 Å². The Kier molecular flexibility index (Phi) is 11.7. The van der Waals surface area contributed by atoms with Crippen LogP contribution in [0.5, 0.6) is 0 Å². The van der Waals surface area contributed by atoms with Gasteiger partial charge in [0.05, 0.1) is 0 Å². The third kappa shape index (κ3) is 9.30. The summed E-state index contributed by atoms with van der Waals surface area (Å²) in [5.74, 6) is -1.96. The minimum Gasteiger partial charge on any atom is -0.478 e. The number of rotatable bonds is 11. The Balaban J connectivity index is 3.51. The summed E-state index contributed by atoms with van der Waals surface area (Å²) in [5, 5.41) is 12.1. The molecule has 0 heterocycles. The van der Waals surface area contributed by atoms with Crippen molar-refractivity contribution in [2.24, 2.45) is 0 Å². The average Bonchev–Trinajstić information content (AvgIpc) is 2.84. The highest BCUT2D eigenvalue weighted by Gasteiger charge is 2.46. The Hall–Kier alpha value is -3.01. The fraction of sp³-hybridized carbons (Fsp3) is 0.586. The van der Waals surface area contributed by atoms with Gasteiger partial charge < -0.3 is 20.1 Å². The maximum absolute atomic E-state index is 14.1.